The van der Waals surface area contributed by atoms with E-state index in [2.05, 4.69) is 6.92 Å². The zero-order valence-corrected chi connectivity index (χ0v) is 11.5. The van der Waals surface area contributed by atoms with Crippen LogP contribution in [0.25, 0.3) is 0 Å². The van der Waals surface area contributed by atoms with Crippen molar-refractivity contribution in [2.75, 3.05) is 0 Å². The van der Waals surface area contributed by atoms with Gasteiger partial charge in [-0.25, -0.2) is 4.39 Å². The molecule has 1 unspecified atom stereocenters. The number of aryl methyl sites for hydroxylation is 1. The molecule has 1 atom stereocenters. The van der Waals surface area contributed by atoms with E-state index in [9.17, 15) is 9.50 Å². The maximum atomic E-state index is 13.3. The van der Waals surface area contributed by atoms with Crippen LogP contribution < -0.4 is 0 Å². The molecule has 0 radical (unpaired) electrons. The Labute approximate surface area is 117 Å². The first-order valence-corrected chi connectivity index (χ1v) is 6.68. The monoisotopic (exact) mass is 278 g/mol. The number of aliphatic hydroxyl groups excluding tert-OH is 1. The number of hydrogen-bond donors (Lipinski definition) is 1. The van der Waals surface area contributed by atoms with Crippen molar-refractivity contribution in [1.82, 2.24) is 0 Å². The van der Waals surface area contributed by atoms with E-state index >= 15 is 0 Å². The molecule has 0 saturated carbocycles. The van der Waals surface area contributed by atoms with Crippen LogP contribution >= 0.6 is 11.6 Å². The van der Waals surface area contributed by atoms with E-state index in [1.807, 2.05) is 24.3 Å². The van der Waals surface area contributed by atoms with Crippen molar-refractivity contribution in [1.29, 1.82) is 0 Å². The molecule has 2 rings (SSSR count). The fourth-order valence-corrected chi connectivity index (χ4v) is 2.09. The lowest BCUT2D eigenvalue weighted by molar-refractivity contribution is 0.178. The van der Waals surface area contributed by atoms with E-state index < -0.39 is 11.9 Å². The largest absolute Gasteiger partial charge is 0.388 e. The number of hydrogen-bond acceptors (Lipinski definition) is 1. The molecule has 1 nitrogen and oxygen atoms in total. The van der Waals surface area contributed by atoms with Crippen LogP contribution in [0, 0.1) is 5.82 Å². The average Bonchev–Trinajstić information content (AvgIpc) is 2.42. The maximum absolute atomic E-state index is 13.3. The molecule has 0 aliphatic rings. The lowest BCUT2D eigenvalue weighted by atomic mass is 10.00. The number of rotatable bonds is 4. The maximum Gasteiger partial charge on any atom is 0.142 e. The fourth-order valence-electron chi connectivity index (χ4n) is 1.97. The van der Waals surface area contributed by atoms with Crippen molar-refractivity contribution in [2.45, 2.75) is 25.9 Å². The molecule has 0 aliphatic carbocycles. The minimum Gasteiger partial charge on any atom is -0.388 e. The van der Waals surface area contributed by atoms with E-state index in [-0.39, 0.29) is 5.02 Å². The van der Waals surface area contributed by atoms with Crippen LogP contribution in [-0.2, 0) is 12.8 Å². The Hall–Kier alpha value is -1.38. The summed E-state index contributed by atoms with van der Waals surface area (Å²) in [4.78, 5) is 0. The van der Waals surface area contributed by atoms with Crippen molar-refractivity contribution in [2.24, 2.45) is 0 Å². The summed E-state index contributed by atoms with van der Waals surface area (Å²) < 4.78 is 13.3. The SMILES string of the molecule is CCc1ccc(CC(O)c2ccc(Cl)c(F)c2)cc1. The second kappa shape index (κ2) is 6.18. The molecule has 0 bridgehead atoms. The summed E-state index contributed by atoms with van der Waals surface area (Å²) in [6.07, 6.45) is 0.732. The Morgan fingerprint density at radius 1 is 1.11 bits per heavy atom. The second-order valence-electron chi connectivity index (χ2n) is 4.56. The second-order valence-corrected chi connectivity index (χ2v) is 4.97. The van der Waals surface area contributed by atoms with Gasteiger partial charge < -0.3 is 5.11 Å². The van der Waals surface area contributed by atoms with Crippen LogP contribution in [0.1, 0.15) is 29.7 Å². The minimum absolute atomic E-state index is 0.0725. The number of halogens is 2. The van der Waals surface area contributed by atoms with E-state index in [0.717, 1.165) is 12.0 Å². The predicted octanol–water partition coefficient (Wildman–Crippen LogP) is 4.32. The molecule has 19 heavy (non-hydrogen) atoms. The molecule has 100 valence electrons. The average molecular weight is 279 g/mol. The van der Waals surface area contributed by atoms with Crippen LogP contribution in [0.5, 0.6) is 0 Å². The molecule has 1 N–H and O–H groups in total. The highest BCUT2D eigenvalue weighted by Crippen LogP contribution is 2.23. The molecule has 0 spiro atoms. The van der Waals surface area contributed by atoms with Gasteiger partial charge in [0.1, 0.15) is 5.82 Å². The summed E-state index contributed by atoms with van der Waals surface area (Å²) in [6.45, 7) is 2.10. The van der Waals surface area contributed by atoms with E-state index in [1.54, 1.807) is 6.07 Å². The number of benzene rings is 2. The predicted molar refractivity (Wildman–Crippen MR) is 75.9 cm³/mol. The van der Waals surface area contributed by atoms with Gasteiger partial charge in [0, 0.05) is 6.42 Å². The van der Waals surface area contributed by atoms with Crippen molar-refractivity contribution in [3.8, 4) is 0 Å². The van der Waals surface area contributed by atoms with Crippen LogP contribution in [0.2, 0.25) is 5.02 Å². The molecule has 2 aromatic carbocycles. The van der Waals surface area contributed by atoms with Crippen molar-refractivity contribution in [3.63, 3.8) is 0 Å². The summed E-state index contributed by atoms with van der Waals surface area (Å²) in [7, 11) is 0. The first-order valence-electron chi connectivity index (χ1n) is 6.31. The van der Waals surface area contributed by atoms with Gasteiger partial charge in [-0.2, -0.15) is 0 Å². The van der Waals surface area contributed by atoms with E-state index in [0.29, 0.717) is 12.0 Å². The van der Waals surface area contributed by atoms with Gasteiger partial charge in [0.2, 0.25) is 0 Å². The highest BCUT2D eigenvalue weighted by Gasteiger charge is 2.11. The molecule has 0 saturated heterocycles. The molecule has 0 heterocycles. The Bertz CT molecular complexity index is 551. The van der Waals surface area contributed by atoms with Crippen molar-refractivity contribution < 1.29 is 9.50 Å². The summed E-state index contributed by atoms with van der Waals surface area (Å²) in [5.41, 5.74) is 2.83. The smallest absolute Gasteiger partial charge is 0.142 e. The topological polar surface area (TPSA) is 20.2 Å². The Kier molecular flexibility index (Phi) is 4.56. The van der Waals surface area contributed by atoms with Gasteiger partial charge in [0.05, 0.1) is 11.1 Å². The van der Waals surface area contributed by atoms with Gasteiger partial charge in [-0.05, 0) is 35.2 Å². The van der Waals surface area contributed by atoms with Gasteiger partial charge >= 0.3 is 0 Å². The zero-order valence-electron chi connectivity index (χ0n) is 10.7. The molecule has 0 amide bonds. The lowest BCUT2D eigenvalue weighted by Crippen LogP contribution is -2.02. The highest BCUT2D eigenvalue weighted by molar-refractivity contribution is 6.30. The summed E-state index contributed by atoms with van der Waals surface area (Å²) in [5.74, 6) is -0.500. The summed E-state index contributed by atoms with van der Waals surface area (Å²) >= 11 is 5.62. The Morgan fingerprint density at radius 2 is 1.74 bits per heavy atom. The quantitative estimate of drug-likeness (QED) is 0.883. The molecular formula is C16H16ClFO. The third-order valence-corrected chi connectivity index (χ3v) is 3.50. The molecule has 0 aromatic heterocycles. The molecule has 3 heteroatoms. The number of aliphatic hydroxyl groups is 1. The van der Waals surface area contributed by atoms with Gasteiger partial charge in [-0.3, -0.25) is 0 Å². The first kappa shape index (κ1) is 14.0. The van der Waals surface area contributed by atoms with Crippen LogP contribution in [0.15, 0.2) is 42.5 Å². The van der Waals surface area contributed by atoms with E-state index in [1.165, 1.54) is 17.7 Å². The molecular weight excluding hydrogens is 263 g/mol. The zero-order chi connectivity index (χ0) is 13.8. The lowest BCUT2D eigenvalue weighted by Gasteiger charge is -2.12. The summed E-state index contributed by atoms with van der Waals surface area (Å²) in [5, 5.41) is 10.2. The fraction of sp³-hybridized carbons (Fsp3) is 0.250. The first-order chi connectivity index (χ1) is 9.10. The Balaban J connectivity index is 2.10. The standard InChI is InChI=1S/C16H16ClFO/c1-2-11-3-5-12(6-4-11)9-16(19)13-7-8-14(17)15(18)10-13/h3-8,10,16,19H,2,9H2,1H3. The minimum atomic E-state index is -0.723. The third-order valence-electron chi connectivity index (χ3n) is 3.19. The summed E-state index contributed by atoms with van der Waals surface area (Å²) in [6, 6.07) is 12.5. The molecule has 2 aromatic rings. The molecule has 0 fully saturated rings. The van der Waals surface area contributed by atoms with Crippen LogP contribution in [0.4, 0.5) is 4.39 Å². The third kappa shape index (κ3) is 3.55. The van der Waals surface area contributed by atoms with Crippen LogP contribution in [-0.4, -0.2) is 5.11 Å². The van der Waals surface area contributed by atoms with Gasteiger partial charge in [0.25, 0.3) is 0 Å². The van der Waals surface area contributed by atoms with Crippen molar-refractivity contribution >= 4 is 11.6 Å². The van der Waals surface area contributed by atoms with Gasteiger partial charge in [-0.15, -0.1) is 0 Å². The van der Waals surface area contributed by atoms with Gasteiger partial charge in [0.15, 0.2) is 0 Å². The van der Waals surface area contributed by atoms with E-state index in [4.69, 9.17) is 11.6 Å². The van der Waals surface area contributed by atoms with Crippen LogP contribution in [0.3, 0.4) is 0 Å². The Morgan fingerprint density at radius 3 is 2.32 bits per heavy atom. The normalized spacial score (nSPS) is 12.4. The van der Waals surface area contributed by atoms with Crippen molar-refractivity contribution in [3.05, 3.63) is 70.0 Å². The molecule has 0 aliphatic heterocycles. The van der Waals surface area contributed by atoms with Gasteiger partial charge in [-0.1, -0.05) is 48.9 Å². The highest BCUT2D eigenvalue weighted by atomic mass is 35.5.